The van der Waals surface area contributed by atoms with Gasteiger partial charge in [0.05, 0.1) is 10.6 Å². The molecule has 0 unspecified atom stereocenters. The van der Waals surface area contributed by atoms with Gasteiger partial charge in [-0.25, -0.2) is 4.98 Å². The molecule has 1 saturated carbocycles. The van der Waals surface area contributed by atoms with Crippen molar-refractivity contribution in [3.05, 3.63) is 30.2 Å². The van der Waals surface area contributed by atoms with Gasteiger partial charge < -0.3 is 5.32 Å². The molecule has 1 amide bonds. The molecule has 5 heteroatoms. The molecule has 0 aliphatic heterocycles. The summed E-state index contributed by atoms with van der Waals surface area (Å²) in [4.78, 5) is 22.0. The van der Waals surface area contributed by atoms with Gasteiger partial charge in [-0.05, 0) is 25.8 Å². The molecule has 0 atom stereocenters. The van der Waals surface area contributed by atoms with Crippen LogP contribution in [0, 0.1) is 12.8 Å². The Morgan fingerprint density at radius 1 is 1.33 bits per heavy atom. The summed E-state index contributed by atoms with van der Waals surface area (Å²) in [5, 5.41) is 3.69. The van der Waals surface area contributed by atoms with Crippen LogP contribution in [0.5, 0.6) is 0 Å². The van der Waals surface area contributed by atoms with Crippen molar-refractivity contribution < 1.29 is 4.79 Å². The fourth-order valence-corrected chi connectivity index (χ4v) is 3.75. The molecule has 1 fully saturated rings. The first-order valence-corrected chi connectivity index (χ1v) is 8.24. The highest BCUT2D eigenvalue weighted by molar-refractivity contribution is 7.19. The van der Waals surface area contributed by atoms with Crippen molar-refractivity contribution in [1.29, 1.82) is 0 Å². The van der Waals surface area contributed by atoms with Crippen molar-refractivity contribution in [1.82, 2.24) is 9.97 Å². The number of thiazole rings is 1. The zero-order valence-corrected chi connectivity index (χ0v) is 12.9. The summed E-state index contributed by atoms with van der Waals surface area (Å²) < 4.78 is 0. The maximum atomic E-state index is 12.3. The summed E-state index contributed by atoms with van der Waals surface area (Å²) in [6.45, 7) is 1.97. The minimum absolute atomic E-state index is 0.126. The molecule has 1 N–H and O–H groups in total. The summed E-state index contributed by atoms with van der Waals surface area (Å²) in [6, 6.07) is 3.93. The number of rotatable bonds is 3. The molecular weight excluding hydrogens is 282 g/mol. The van der Waals surface area contributed by atoms with Crippen LogP contribution in [0.1, 0.15) is 37.8 Å². The molecule has 2 aromatic heterocycles. The molecule has 0 saturated heterocycles. The van der Waals surface area contributed by atoms with Gasteiger partial charge in [0.25, 0.3) is 0 Å². The van der Waals surface area contributed by atoms with Crippen molar-refractivity contribution >= 4 is 22.4 Å². The van der Waals surface area contributed by atoms with Crippen molar-refractivity contribution in [2.24, 2.45) is 5.92 Å². The lowest BCUT2D eigenvalue weighted by atomic mass is 9.89. The van der Waals surface area contributed by atoms with E-state index in [1.165, 1.54) is 17.8 Å². The number of amides is 1. The van der Waals surface area contributed by atoms with Gasteiger partial charge in [-0.3, -0.25) is 9.78 Å². The van der Waals surface area contributed by atoms with E-state index in [0.29, 0.717) is 5.13 Å². The number of nitrogens with one attached hydrogen (secondary N) is 1. The molecule has 4 nitrogen and oxygen atoms in total. The Labute approximate surface area is 128 Å². The maximum absolute atomic E-state index is 12.3. The van der Waals surface area contributed by atoms with Crippen LogP contribution in [0.15, 0.2) is 24.5 Å². The summed E-state index contributed by atoms with van der Waals surface area (Å²) in [5.41, 5.74) is 1.98. The number of aryl methyl sites for hydroxylation is 1. The number of anilines is 1. The highest BCUT2D eigenvalue weighted by Crippen LogP contribution is 2.33. The summed E-state index contributed by atoms with van der Waals surface area (Å²) in [6.07, 6.45) is 9.17. The Bertz CT molecular complexity index is 618. The first-order valence-electron chi connectivity index (χ1n) is 7.43. The quantitative estimate of drug-likeness (QED) is 0.931. The van der Waals surface area contributed by atoms with E-state index in [0.717, 1.165) is 41.8 Å². The average Bonchev–Trinajstić information content (AvgIpc) is 2.89. The van der Waals surface area contributed by atoms with E-state index in [1.54, 1.807) is 6.20 Å². The number of carbonyl (C=O) groups excluding carboxylic acids is 1. The molecular formula is C16H19N3OS. The van der Waals surface area contributed by atoms with E-state index in [-0.39, 0.29) is 11.8 Å². The van der Waals surface area contributed by atoms with Gasteiger partial charge in [0.15, 0.2) is 5.13 Å². The van der Waals surface area contributed by atoms with E-state index in [1.807, 2.05) is 25.3 Å². The highest BCUT2D eigenvalue weighted by Gasteiger charge is 2.22. The third-order valence-corrected chi connectivity index (χ3v) is 5.05. The Morgan fingerprint density at radius 3 is 2.86 bits per heavy atom. The van der Waals surface area contributed by atoms with Gasteiger partial charge in [-0.1, -0.05) is 36.7 Å². The lowest BCUT2D eigenvalue weighted by molar-refractivity contribution is -0.120. The molecule has 3 rings (SSSR count). The maximum Gasteiger partial charge on any atom is 0.229 e. The third kappa shape index (κ3) is 3.29. The molecule has 0 spiro atoms. The molecule has 1 aliphatic rings. The van der Waals surface area contributed by atoms with Crippen molar-refractivity contribution in [2.75, 3.05) is 5.32 Å². The van der Waals surface area contributed by atoms with Crippen LogP contribution < -0.4 is 5.32 Å². The first kappa shape index (κ1) is 14.2. The number of carbonyl (C=O) groups is 1. The fourth-order valence-electron chi connectivity index (χ4n) is 2.79. The lowest BCUT2D eigenvalue weighted by Gasteiger charge is -2.19. The normalized spacial score (nSPS) is 15.9. The van der Waals surface area contributed by atoms with Gasteiger partial charge in [0.2, 0.25) is 5.91 Å². The topological polar surface area (TPSA) is 54.9 Å². The lowest BCUT2D eigenvalue weighted by Crippen LogP contribution is -2.24. The van der Waals surface area contributed by atoms with Crippen LogP contribution in [0.25, 0.3) is 10.4 Å². The predicted molar refractivity (Wildman–Crippen MR) is 85.3 cm³/mol. The monoisotopic (exact) mass is 301 g/mol. The molecule has 21 heavy (non-hydrogen) atoms. The molecule has 0 bridgehead atoms. The minimum Gasteiger partial charge on any atom is -0.302 e. The van der Waals surface area contributed by atoms with Crippen molar-refractivity contribution in [3.63, 3.8) is 0 Å². The van der Waals surface area contributed by atoms with Crippen LogP contribution in [-0.4, -0.2) is 15.9 Å². The van der Waals surface area contributed by atoms with Gasteiger partial charge in [0, 0.05) is 23.9 Å². The number of pyridine rings is 1. The van der Waals surface area contributed by atoms with Crippen molar-refractivity contribution in [3.8, 4) is 10.4 Å². The number of hydrogen-bond donors (Lipinski definition) is 1. The second-order valence-electron chi connectivity index (χ2n) is 5.50. The second-order valence-corrected chi connectivity index (χ2v) is 6.50. The number of nitrogens with zero attached hydrogens (tertiary/aromatic N) is 2. The van der Waals surface area contributed by atoms with Gasteiger partial charge >= 0.3 is 0 Å². The molecule has 0 aromatic carbocycles. The van der Waals surface area contributed by atoms with E-state index < -0.39 is 0 Å². The van der Waals surface area contributed by atoms with E-state index >= 15 is 0 Å². The van der Waals surface area contributed by atoms with Crippen molar-refractivity contribution in [2.45, 2.75) is 39.0 Å². The number of hydrogen-bond acceptors (Lipinski definition) is 4. The summed E-state index contributed by atoms with van der Waals surface area (Å²) in [5.74, 6) is 0.283. The summed E-state index contributed by atoms with van der Waals surface area (Å²) >= 11 is 1.52. The van der Waals surface area contributed by atoms with Crippen LogP contribution in [0.4, 0.5) is 5.13 Å². The number of aromatic nitrogens is 2. The Hall–Kier alpha value is -1.75. The van der Waals surface area contributed by atoms with Crippen LogP contribution >= 0.6 is 11.3 Å². The van der Waals surface area contributed by atoms with Crippen LogP contribution in [0.2, 0.25) is 0 Å². The molecule has 0 radical (unpaired) electrons. The Balaban J connectivity index is 1.73. The average molecular weight is 301 g/mol. The predicted octanol–water partition coefficient (Wildman–Crippen LogP) is 4.03. The summed E-state index contributed by atoms with van der Waals surface area (Å²) in [7, 11) is 0. The molecule has 2 aromatic rings. The fraction of sp³-hybridized carbons (Fsp3) is 0.438. The largest absolute Gasteiger partial charge is 0.302 e. The van der Waals surface area contributed by atoms with Crippen LogP contribution in [0.3, 0.4) is 0 Å². The Kier molecular flexibility index (Phi) is 4.29. The SMILES string of the molecule is Cc1nc(NC(=O)C2CCCCC2)sc1-c1cccnc1. The van der Waals surface area contributed by atoms with Gasteiger partial charge in [-0.15, -0.1) is 0 Å². The van der Waals surface area contributed by atoms with Gasteiger partial charge in [-0.2, -0.15) is 0 Å². The highest BCUT2D eigenvalue weighted by atomic mass is 32.1. The third-order valence-electron chi connectivity index (χ3n) is 3.93. The van der Waals surface area contributed by atoms with Gasteiger partial charge in [0.1, 0.15) is 0 Å². The van der Waals surface area contributed by atoms with E-state index in [9.17, 15) is 4.79 Å². The smallest absolute Gasteiger partial charge is 0.229 e. The standard InChI is InChI=1S/C16H19N3OS/c1-11-14(13-8-5-9-17-10-13)21-16(18-11)19-15(20)12-6-3-2-4-7-12/h5,8-10,12H,2-4,6-7H2,1H3,(H,18,19,20). The second kappa shape index (κ2) is 6.35. The van der Waals surface area contributed by atoms with E-state index in [4.69, 9.17) is 0 Å². The first-order chi connectivity index (χ1) is 10.2. The van der Waals surface area contributed by atoms with Crippen LogP contribution in [-0.2, 0) is 4.79 Å². The molecule has 110 valence electrons. The van der Waals surface area contributed by atoms with E-state index in [2.05, 4.69) is 15.3 Å². The molecule has 1 aliphatic carbocycles. The zero-order chi connectivity index (χ0) is 14.7. The Morgan fingerprint density at radius 2 is 2.14 bits per heavy atom. The minimum atomic E-state index is 0.126. The zero-order valence-electron chi connectivity index (χ0n) is 12.1. The molecule has 2 heterocycles.